The number of carbonyl (C=O) groups excluding carboxylic acids is 1. The molecule has 0 radical (unpaired) electrons. The normalized spacial score (nSPS) is 14.0. The predicted octanol–water partition coefficient (Wildman–Crippen LogP) is 4.01. The Morgan fingerprint density at radius 3 is 2.88 bits per heavy atom. The molecule has 0 spiro atoms. The number of hydrogen-bond acceptors (Lipinski definition) is 5. The molecule has 3 aromatic rings. The van der Waals surface area contributed by atoms with Gasteiger partial charge in [-0.25, -0.2) is 4.79 Å². The number of aliphatic imine (C=N–C) groups is 1. The van der Waals surface area contributed by atoms with Gasteiger partial charge in [-0.2, -0.15) is 0 Å². The number of rotatable bonds is 5. The zero-order valence-corrected chi connectivity index (χ0v) is 15.3. The van der Waals surface area contributed by atoms with E-state index in [1.54, 1.807) is 58.8 Å². The van der Waals surface area contributed by atoms with Crippen molar-refractivity contribution >= 4 is 45.3 Å². The van der Waals surface area contributed by atoms with Gasteiger partial charge in [0.05, 0.1) is 15.6 Å². The van der Waals surface area contributed by atoms with E-state index in [4.69, 9.17) is 16.0 Å². The third-order valence-corrected chi connectivity index (χ3v) is 5.63. The average Bonchev–Trinajstić information content (AvgIpc) is 3.26. The fraction of sp³-hybridized carbons (Fsp3) is 0.211. The molecular weight excluding hydrogens is 372 g/mol. The van der Waals surface area contributed by atoms with E-state index in [0.717, 1.165) is 17.3 Å². The Balaban J connectivity index is 1.65. The molecule has 0 saturated carbocycles. The zero-order valence-electron chi connectivity index (χ0n) is 13.8. The summed E-state index contributed by atoms with van der Waals surface area (Å²) in [5.41, 5.74) is 1.93. The van der Waals surface area contributed by atoms with Crippen molar-refractivity contribution in [3.63, 3.8) is 0 Å². The maximum atomic E-state index is 12.7. The van der Waals surface area contributed by atoms with Crippen LogP contribution in [-0.4, -0.2) is 27.7 Å². The number of aromatic nitrogens is 1. The van der Waals surface area contributed by atoms with Gasteiger partial charge >= 0.3 is 5.76 Å². The number of aryl methyl sites for hydroxylation is 1. The van der Waals surface area contributed by atoms with E-state index in [0.29, 0.717) is 40.2 Å². The van der Waals surface area contributed by atoms with Crippen molar-refractivity contribution in [3.8, 4) is 0 Å². The van der Waals surface area contributed by atoms with E-state index in [9.17, 15) is 9.59 Å². The first-order chi connectivity index (χ1) is 12.6. The summed E-state index contributed by atoms with van der Waals surface area (Å²) in [6.07, 6.45) is 0.708. The third kappa shape index (κ3) is 3.22. The molecule has 0 fully saturated rings. The molecule has 1 aliphatic rings. The Morgan fingerprint density at radius 2 is 2.12 bits per heavy atom. The Morgan fingerprint density at radius 1 is 1.27 bits per heavy atom. The molecule has 4 rings (SSSR count). The molecule has 0 amide bonds. The van der Waals surface area contributed by atoms with Crippen molar-refractivity contribution < 1.29 is 9.21 Å². The Bertz CT molecular complexity index is 1080. The van der Waals surface area contributed by atoms with E-state index in [2.05, 4.69) is 4.99 Å². The summed E-state index contributed by atoms with van der Waals surface area (Å²) >= 11 is 7.84. The number of hydrogen-bond donors (Lipinski definition) is 0. The van der Waals surface area contributed by atoms with Gasteiger partial charge in [-0.1, -0.05) is 23.7 Å². The summed E-state index contributed by atoms with van der Waals surface area (Å²) in [6.45, 7) is 1.35. The van der Waals surface area contributed by atoms with Gasteiger partial charge in [-0.15, -0.1) is 11.8 Å². The fourth-order valence-corrected chi connectivity index (χ4v) is 4.02. The first-order valence-corrected chi connectivity index (χ1v) is 9.58. The largest absolute Gasteiger partial charge is 0.419 e. The highest BCUT2D eigenvalue weighted by atomic mass is 35.5. The third-order valence-electron chi connectivity index (χ3n) is 4.25. The lowest BCUT2D eigenvalue weighted by atomic mass is 10.0. The Labute approximate surface area is 158 Å². The minimum absolute atomic E-state index is 0.204. The van der Waals surface area contributed by atoms with Crippen LogP contribution in [0.1, 0.15) is 22.3 Å². The lowest BCUT2D eigenvalue weighted by molar-refractivity contribution is 0.103. The number of oxazole rings is 1. The topological polar surface area (TPSA) is 64.6 Å². The summed E-state index contributed by atoms with van der Waals surface area (Å²) in [4.78, 5) is 29.3. The van der Waals surface area contributed by atoms with Crippen LogP contribution in [0.25, 0.3) is 11.1 Å². The molecule has 7 heteroatoms. The highest BCUT2D eigenvalue weighted by Crippen LogP contribution is 2.22. The monoisotopic (exact) mass is 386 g/mol. The summed E-state index contributed by atoms with van der Waals surface area (Å²) in [6, 6.07) is 11.9. The number of thioether (sulfide) groups is 1. The molecule has 2 aromatic carbocycles. The van der Waals surface area contributed by atoms with E-state index < -0.39 is 5.76 Å². The molecule has 0 bridgehead atoms. The van der Waals surface area contributed by atoms with Crippen LogP contribution in [0.4, 0.5) is 0 Å². The van der Waals surface area contributed by atoms with Crippen LogP contribution >= 0.6 is 23.4 Å². The Hall–Kier alpha value is -2.31. The summed E-state index contributed by atoms with van der Waals surface area (Å²) in [7, 11) is 0. The van der Waals surface area contributed by atoms with Crippen LogP contribution in [0.2, 0.25) is 5.02 Å². The molecule has 5 nitrogen and oxygen atoms in total. The van der Waals surface area contributed by atoms with Gasteiger partial charge in [0.15, 0.2) is 11.4 Å². The Kier molecular flexibility index (Phi) is 4.70. The minimum atomic E-state index is -0.425. The molecule has 132 valence electrons. The number of carbonyl (C=O) groups is 1. The van der Waals surface area contributed by atoms with E-state index >= 15 is 0 Å². The second-order valence-electron chi connectivity index (χ2n) is 5.89. The molecular formula is C19H15ClN2O3S. The molecule has 26 heavy (non-hydrogen) atoms. The van der Waals surface area contributed by atoms with Gasteiger partial charge in [0, 0.05) is 36.4 Å². The van der Waals surface area contributed by atoms with Gasteiger partial charge < -0.3 is 4.42 Å². The van der Waals surface area contributed by atoms with Crippen LogP contribution in [0, 0.1) is 0 Å². The number of halogens is 1. The van der Waals surface area contributed by atoms with Crippen LogP contribution in [0.3, 0.4) is 0 Å². The standard InChI is InChI=1S/C19H15ClN2O3S/c20-14-4-2-1-3-13(14)18(23)12-5-6-15-16(11-12)25-19(24)22(15)9-7-17-21-8-10-26-17/h1-6,11H,7-10H2. The van der Waals surface area contributed by atoms with Gasteiger partial charge in [0.25, 0.3) is 0 Å². The highest BCUT2D eigenvalue weighted by Gasteiger charge is 2.17. The van der Waals surface area contributed by atoms with Gasteiger partial charge in [0.1, 0.15) is 0 Å². The van der Waals surface area contributed by atoms with Crippen molar-refractivity contribution in [2.45, 2.75) is 13.0 Å². The smallest absolute Gasteiger partial charge is 0.408 e. The first-order valence-electron chi connectivity index (χ1n) is 8.22. The number of fused-ring (bicyclic) bond motifs is 1. The summed E-state index contributed by atoms with van der Waals surface area (Å²) in [5, 5.41) is 1.46. The molecule has 0 atom stereocenters. The SMILES string of the molecule is O=C(c1ccc2c(c1)oc(=O)n2CCC1=NCCS1)c1ccccc1Cl. The van der Waals surface area contributed by atoms with Crippen LogP contribution in [0.5, 0.6) is 0 Å². The maximum Gasteiger partial charge on any atom is 0.419 e. The quantitative estimate of drug-likeness (QED) is 0.621. The fourth-order valence-electron chi connectivity index (χ4n) is 2.96. The first kappa shape index (κ1) is 17.1. The van der Waals surface area contributed by atoms with Gasteiger partial charge in [0.2, 0.25) is 0 Å². The molecule has 0 aliphatic carbocycles. The molecule has 1 aliphatic heterocycles. The van der Waals surface area contributed by atoms with Crippen LogP contribution in [0.15, 0.2) is 56.7 Å². The van der Waals surface area contributed by atoms with Crippen molar-refractivity contribution in [2.75, 3.05) is 12.3 Å². The second-order valence-corrected chi connectivity index (χ2v) is 7.46. The number of nitrogens with zero attached hydrogens (tertiary/aromatic N) is 2. The summed E-state index contributed by atoms with van der Waals surface area (Å²) in [5.74, 6) is 0.375. The molecule has 0 N–H and O–H groups in total. The highest BCUT2D eigenvalue weighted by molar-refractivity contribution is 8.14. The van der Waals surface area contributed by atoms with Crippen molar-refractivity contribution in [2.24, 2.45) is 4.99 Å². The number of benzene rings is 2. The van der Waals surface area contributed by atoms with Crippen LogP contribution < -0.4 is 5.76 Å². The molecule has 0 saturated heterocycles. The second kappa shape index (κ2) is 7.13. The maximum absolute atomic E-state index is 12.7. The van der Waals surface area contributed by atoms with Gasteiger partial charge in [-0.3, -0.25) is 14.4 Å². The lowest BCUT2D eigenvalue weighted by Gasteiger charge is -2.04. The van der Waals surface area contributed by atoms with Gasteiger partial charge in [-0.05, 0) is 30.3 Å². The zero-order chi connectivity index (χ0) is 18.1. The van der Waals surface area contributed by atoms with Crippen molar-refractivity contribution in [1.29, 1.82) is 0 Å². The van der Waals surface area contributed by atoms with E-state index in [1.165, 1.54) is 0 Å². The summed E-state index contributed by atoms with van der Waals surface area (Å²) < 4.78 is 6.93. The van der Waals surface area contributed by atoms with Crippen molar-refractivity contribution in [1.82, 2.24) is 4.57 Å². The predicted molar refractivity (Wildman–Crippen MR) is 105 cm³/mol. The molecule has 1 aromatic heterocycles. The molecule has 2 heterocycles. The average molecular weight is 387 g/mol. The lowest BCUT2D eigenvalue weighted by Crippen LogP contribution is -2.15. The van der Waals surface area contributed by atoms with E-state index in [-0.39, 0.29) is 5.78 Å². The van der Waals surface area contributed by atoms with Crippen molar-refractivity contribution in [3.05, 3.63) is 69.2 Å². The van der Waals surface area contributed by atoms with Crippen LogP contribution in [-0.2, 0) is 6.54 Å². The minimum Gasteiger partial charge on any atom is -0.408 e. The number of ketones is 1. The van der Waals surface area contributed by atoms with E-state index in [1.807, 2.05) is 0 Å². The molecule has 0 unspecified atom stereocenters.